The van der Waals surface area contributed by atoms with Crippen molar-refractivity contribution < 1.29 is 18.7 Å². The van der Waals surface area contributed by atoms with Gasteiger partial charge in [0.2, 0.25) is 0 Å². The van der Waals surface area contributed by atoms with Crippen LogP contribution in [0.25, 0.3) is 0 Å². The molecule has 0 aliphatic carbocycles. The lowest BCUT2D eigenvalue weighted by Crippen LogP contribution is -2.39. The van der Waals surface area contributed by atoms with Gasteiger partial charge in [0.25, 0.3) is 0 Å². The zero-order chi connectivity index (χ0) is 11.6. The molecule has 0 amide bonds. The van der Waals surface area contributed by atoms with Crippen molar-refractivity contribution in [1.29, 1.82) is 0 Å². The van der Waals surface area contributed by atoms with Crippen LogP contribution in [0.4, 0.5) is 4.39 Å². The number of carbonyl (C=O) groups excluding carboxylic acids is 1. The molecule has 1 fully saturated rings. The highest BCUT2D eigenvalue weighted by Gasteiger charge is 2.53. The highest BCUT2D eigenvalue weighted by molar-refractivity contribution is 5.66. The van der Waals surface area contributed by atoms with E-state index in [9.17, 15) is 9.18 Å². The maximum absolute atomic E-state index is 14.0. The second-order valence-corrected chi connectivity index (χ2v) is 3.81. The Kier molecular flexibility index (Phi) is 3.50. The summed E-state index contributed by atoms with van der Waals surface area (Å²) in [6.45, 7) is 8.35. The van der Waals surface area contributed by atoms with Crippen molar-refractivity contribution in [2.75, 3.05) is 0 Å². The molecule has 15 heavy (non-hydrogen) atoms. The van der Waals surface area contributed by atoms with Gasteiger partial charge in [0.15, 0.2) is 12.3 Å². The molecule has 4 heteroatoms. The first-order chi connectivity index (χ1) is 6.96. The van der Waals surface area contributed by atoms with Crippen molar-refractivity contribution in [2.24, 2.45) is 0 Å². The lowest BCUT2D eigenvalue weighted by atomic mass is 9.93. The summed E-state index contributed by atoms with van der Waals surface area (Å²) < 4.78 is 24.5. The Bertz CT molecular complexity index is 267. The van der Waals surface area contributed by atoms with E-state index in [1.807, 2.05) is 6.92 Å². The van der Waals surface area contributed by atoms with Gasteiger partial charge in [-0.25, -0.2) is 4.39 Å². The zero-order valence-electron chi connectivity index (χ0n) is 9.33. The molecular weight excluding hydrogens is 199 g/mol. The summed E-state index contributed by atoms with van der Waals surface area (Å²) in [5.74, 6) is -0.492. The van der Waals surface area contributed by atoms with Gasteiger partial charge in [0.1, 0.15) is 5.60 Å². The average Bonchev–Trinajstić information content (AvgIpc) is 2.42. The molecule has 4 atom stereocenters. The summed E-state index contributed by atoms with van der Waals surface area (Å²) in [4.78, 5) is 10.8. The number of ether oxygens (including phenoxy) is 2. The van der Waals surface area contributed by atoms with Crippen LogP contribution >= 0.6 is 0 Å². The maximum Gasteiger partial charge on any atom is 0.303 e. The third-order valence-corrected chi connectivity index (χ3v) is 2.82. The van der Waals surface area contributed by atoms with E-state index in [1.165, 1.54) is 13.0 Å². The highest BCUT2D eigenvalue weighted by atomic mass is 19.1. The van der Waals surface area contributed by atoms with Gasteiger partial charge in [0.05, 0.1) is 6.10 Å². The summed E-state index contributed by atoms with van der Waals surface area (Å²) >= 11 is 0. The van der Waals surface area contributed by atoms with Crippen LogP contribution in [-0.4, -0.2) is 29.9 Å². The average molecular weight is 216 g/mol. The fraction of sp³-hybridized carbons (Fsp3) is 0.727. The lowest BCUT2D eigenvalue weighted by molar-refractivity contribution is -0.150. The van der Waals surface area contributed by atoms with E-state index < -0.39 is 29.9 Å². The van der Waals surface area contributed by atoms with Gasteiger partial charge in [-0.1, -0.05) is 13.0 Å². The number of carbonyl (C=O) groups is 1. The Morgan fingerprint density at radius 3 is 2.67 bits per heavy atom. The fourth-order valence-electron chi connectivity index (χ4n) is 1.92. The Morgan fingerprint density at radius 1 is 1.73 bits per heavy atom. The summed E-state index contributed by atoms with van der Waals surface area (Å²) in [7, 11) is 0. The first kappa shape index (κ1) is 12.2. The van der Waals surface area contributed by atoms with E-state index in [-0.39, 0.29) is 0 Å². The molecule has 0 aromatic carbocycles. The van der Waals surface area contributed by atoms with Crippen LogP contribution in [0.3, 0.4) is 0 Å². The molecule has 0 aromatic rings. The molecule has 0 N–H and O–H groups in total. The van der Waals surface area contributed by atoms with Gasteiger partial charge in [0, 0.05) is 6.92 Å². The topological polar surface area (TPSA) is 35.5 Å². The minimum Gasteiger partial charge on any atom is -0.457 e. The van der Waals surface area contributed by atoms with Crippen LogP contribution in [0, 0.1) is 0 Å². The standard InChI is InChI=1S/C11H17FO3/c1-5-11(6-2)10(12)9(7(3)15-11)14-8(4)13/h5,7,9-10H,1,6H2,2-4H3/t7-,9-,10-,11+/m0/s1. The number of halogens is 1. The van der Waals surface area contributed by atoms with Crippen molar-refractivity contribution in [3.8, 4) is 0 Å². The van der Waals surface area contributed by atoms with Crippen LogP contribution in [0.2, 0.25) is 0 Å². The minimum absolute atomic E-state index is 0.443. The molecule has 0 radical (unpaired) electrons. The van der Waals surface area contributed by atoms with Crippen molar-refractivity contribution >= 4 is 5.97 Å². The molecular formula is C11H17FO3. The Labute approximate surface area is 89.2 Å². The summed E-state index contributed by atoms with van der Waals surface area (Å²) in [5, 5.41) is 0. The molecule has 0 saturated carbocycles. The fourth-order valence-corrected chi connectivity index (χ4v) is 1.92. The second kappa shape index (κ2) is 4.31. The minimum atomic E-state index is -1.35. The molecule has 86 valence electrons. The third-order valence-electron chi connectivity index (χ3n) is 2.82. The van der Waals surface area contributed by atoms with Gasteiger partial charge in [-0.3, -0.25) is 4.79 Å². The number of alkyl halides is 1. The molecule has 0 bridgehead atoms. The highest BCUT2D eigenvalue weighted by Crippen LogP contribution is 2.38. The largest absolute Gasteiger partial charge is 0.457 e. The van der Waals surface area contributed by atoms with E-state index in [0.29, 0.717) is 6.42 Å². The van der Waals surface area contributed by atoms with Crippen molar-refractivity contribution in [2.45, 2.75) is 51.2 Å². The van der Waals surface area contributed by atoms with Crippen molar-refractivity contribution in [1.82, 2.24) is 0 Å². The molecule has 1 heterocycles. The van der Waals surface area contributed by atoms with Crippen LogP contribution < -0.4 is 0 Å². The molecule has 0 unspecified atom stereocenters. The molecule has 1 saturated heterocycles. The predicted octanol–water partition coefficient (Wildman–Crippen LogP) is 2.01. The normalized spacial score (nSPS) is 40.1. The summed E-state index contributed by atoms with van der Waals surface area (Å²) in [6.07, 6.45) is -0.696. The maximum atomic E-state index is 14.0. The SMILES string of the molecule is C=C[C@]1(CC)O[C@@H](C)[C@H](OC(C)=O)[C@@H]1F. The third kappa shape index (κ3) is 2.04. The van der Waals surface area contributed by atoms with E-state index >= 15 is 0 Å². The number of rotatable bonds is 3. The Morgan fingerprint density at radius 2 is 2.33 bits per heavy atom. The Balaban J connectivity index is 2.86. The van der Waals surface area contributed by atoms with Gasteiger partial charge in [-0.15, -0.1) is 6.58 Å². The molecule has 1 rings (SSSR count). The monoisotopic (exact) mass is 216 g/mol. The summed E-state index contributed by atoms with van der Waals surface area (Å²) in [5.41, 5.74) is -1.01. The van der Waals surface area contributed by atoms with E-state index in [4.69, 9.17) is 9.47 Å². The molecule has 3 nitrogen and oxygen atoms in total. The van der Waals surface area contributed by atoms with E-state index in [0.717, 1.165) is 0 Å². The quantitative estimate of drug-likeness (QED) is 0.534. The van der Waals surface area contributed by atoms with Gasteiger partial charge < -0.3 is 9.47 Å². The first-order valence-electron chi connectivity index (χ1n) is 5.09. The van der Waals surface area contributed by atoms with Crippen LogP contribution in [0.15, 0.2) is 12.7 Å². The lowest BCUT2D eigenvalue weighted by Gasteiger charge is -2.25. The van der Waals surface area contributed by atoms with Crippen molar-refractivity contribution in [3.63, 3.8) is 0 Å². The zero-order valence-corrected chi connectivity index (χ0v) is 9.33. The van der Waals surface area contributed by atoms with Crippen molar-refractivity contribution in [3.05, 3.63) is 12.7 Å². The number of esters is 1. The van der Waals surface area contributed by atoms with Gasteiger partial charge in [-0.05, 0) is 13.3 Å². The molecule has 1 aliphatic rings. The van der Waals surface area contributed by atoms with E-state index in [2.05, 4.69) is 6.58 Å². The Hall–Kier alpha value is -0.900. The second-order valence-electron chi connectivity index (χ2n) is 3.81. The molecule has 0 spiro atoms. The molecule has 1 aliphatic heterocycles. The smallest absolute Gasteiger partial charge is 0.303 e. The van der Waals surface area contributed by atoms with Crippen LogP contribution in [0.5, 0.6) is 0 Å². The first-order valence-corrected chi connectivity index (χ1v) is 5.09. The van der Waals surface area contributed by atoms with Gasteiger partial charge in [-0.2, -0.15) is 0 Å². The number of hydrogen-bond donors (Lipinski definition) is 0. The van der Waals surface area contributed by atoms with Crippen LogP contribution in [0.1, 0.15) is 27.2 Å². The van der Waals surface area contributed by atoms with E-state index in [1.54, 1.807) is 6.92 Å². The predicted molar refractivity (Wildman–Crippen MR) is 54.2 cm³/mol. The number of hydrogen-bond acceptors (Lipinski definition) is 3. The molecule has 0 aromatic heterocycles. The van der Waals surface area contributed by atoms with Crippen LogP contribution in [-0.2, 0) is 14.3 Å². The summed E-state index contributed by atoms with van der Waals surface area (Å²) in [6, 6.07) is 0. The van der Waals surface area contributed by atoms with Gasteiger partial charge >= 0.3 is 5.97 Å².